The number of carbonyl (C=O) groups excluding carboxylic acids is 2. The lowest BCUT2D eigenvalue weighted by Gasteiger charge is -2.35. The van der Waals surface area contributed by atoms with E-state index in [4.69, 9.17) is 4.74 Å². The minimum Gasteiger partial charge on any atom is -0.373 e. The van der Waals surface area contributed by atoms with Crippen molar-refractivity contribution >= 4 is 11.8 Å². The van der Waals surface area contributed by atoms with Crippen LogP contribution >= 0.6 is 0 Å². The molecular formula is C24H37N3O3. The predicted molar refractivity (Wildman–Crippen MR) is 118 cm³/mol. The highest BCUT2D eigenvalue weighted by atomic mass is 16.5. The summed E-state index contributed by atoms with van der Waals surface area (Å²) in [7, 11) is 0. The summed E-state index contributed by atoms with van der Waals surface area (Å²) in [5.41, 5.74) is 1.91. The second kappa shape index (κ2) is 10.4. The van der Waals surface area contributed by atoms with Gasteiger partial charge in [0.05, 0.1) is 12.2 Å². The summed E-state index contributed by atoms with van der Waals surface area (Å²) in [5.74, 6) is 0.587. The highest BCUT2D eigenvalue weighted by Crippen LogP contribution is 2.16. The van der Waals surface area contributed by atoms with Gasteiger partial charge in [0.15, 0.2) is 0 Å². The number of morpholine rings is 1. The predicted octanol–water partition coefficient (Wildman–Crippen LogP) is 3.06. The van der Waals surface area contributed by atoms with Crippen LogP contribution in [0.1, 0.15) is 62.9 Å². The zero-order valence-electron chi connectivity index (χ0n) is 18.9. The average molecular weight is 416 g/mol. The Kier molecular flexibility index (Phi) is 7.89. The maximum atomic E-state index is 12.6. The Morgan fingerprint density at radius 1 is 1.07 bits per heavy atom. The van der Waals surface area contributed by atoms with Crippen molar-refractivity contribution in [3.05, 3.63) is 35.4 Å². The molecule has 0 bridgehead atoms. The first-order valence-corrected chi connectivity index (χ1v) is 11.4. The number of benzene rings is 1. The Hall–Kier alpha value is -1.92. The van der Waals surface area contributed by atoms with Gasteiger partial charge in [-0.3, -0.25) is 14.5 Å². The molecule has 1 aromatic rings. The molecule has 1 aromatic carbocycles. The van der Waals surface area contributed by atoms with E-state index in [2.05, 4.69) is 37.9 Å². The molecule has 166 valence electrons. The van der Waals surface area contributed by atoms with Crippen LogP contribution in [0.15, 0.2) is 24.3 Å². The van der Waals surface area contributed by atoms with E-state index in [0.29, 0.717) is 17.9 Å². The number of piperidine rings is 1. The molecule has 2 unspecified atom stereocenters. The number of nitrogens with zero attached hydrogens (tertiary/aromatic N) is 2. The van der Waals surface area contributed by atoms with Gasteiger partial charge in [0.25, 0.3) is 5.91 Å². The molecule has 1 N–H and O–H groups in total. The van der Waals surface area contributed by atoms with Crippen LogP contribution in [0, 0.1) is 5.92 Å². The third-order valence-corrected chi connectivity index (χ3v) is 5.88. The van der Waals surface area contributed by atoms with Crippen molar-refractivity contribution in [1.29, 1.82) is 0 Å². The van der Waals surface area contributed by atoms with Gasteiger partial charge in [0.2, 0.25) is 5.91 Å². The number of hydrogen-bond acceptors (Lipinski definition) is 4. The van der Waals surface area contributed by atoms with E-state index >= 15 is 0 Å². The fraction of sp³-hybridized carbons (Fsp3) is 0.667. The lowest BCUT2D eigenvalue weighted by Crippen LogP contribution is -2.46. The molecule has 2 fully saturated rings. The van der Waals surface area contributed by atoms with Gasteiger partial charge in [0, 0.05) is 50.7 Å². The van der Waals surface area contributed by atoms with Gasteiger partial charge in [-0.2, -0.15) is 0 Å². The van der Waals surface area contributed by atoms with Crippen molar-refractivity contribution in [2.45, 2.75) is 71.8 Å². The van der Waals surface area contributed by atoms with Crippen molar-refractivity contribution in [2.75, 3.05) is 26.2 Å². The van der Waals surface area contributed by atoms with Gasteiger partial charge in [0.1, 0.15) is 0 Å². The molecule has 2 saturated heterocycles. The summed E-state index contributed by atoms with van der Waals surface area (Å²) in [6, 6.07) is 8.06. The molecule has 6 heteroatoms. The van der Waals surface area contributed by atoms with E-state index in [1.165, 1.54) is 5.56 Å². The number of rotatable bonds is 6. The molecular weight excluding hydrogens is 378 g/mol. The number of ether oxygens (including phenoxy) is 1. The quantitative estimate of drug-likeness (QED) is 0.776. The molecule has 0 aromatic heterocycles. The number of nitrogens with one attached hydrogen (secondary N) is 1. The standard InChI is InChI=1S/C24H37N3O3/c1-17(2)13-23(28)27-11-9-22(10-12-27)25-24(29)21-7-5-20(6-8-21)16-26-14-18(3)30-19(4)15-26/h5-8,17-19,22H,9-16H2,1-4H3,(H,25,29). The summed E-state index contributed by atoms with van der Waals surface area (Å²) in [6.07, 6.45) is 2.75. The van der Waals surface area contributed by atoms with Crippen LogP contribution in [0.3, 0.4) is 0 Å². The monoisotopic (exact) mass is 415 g/mol. The Labute approximate surface area is 180 Å². The number of hydrogen-bond donors (Lipinski definition) is 1. The van der Waals surface area contributed by atoms with Crippen molar-refractivity contribution in [1.82, 2.24) is 15.1 Å². The summed E-state index contributed by atoms with van der Waals surface area (Å²) in [4.78, 5) is 29.2. The van der Waals surface area contributed by atoms with Crippen LogP contribution < -0.4 is 5.32 Å². The van der Waals surface area contributed by atoms with Crippen LogP contribution in [-0.4, -0.2) is 66.0 Å². The van der Waals surface area contributed by atoms with E-state index in [1.807, 2.05) is 29.2 Å². The molecule has 30 heavy (non-hydrogen) atoms. The smallest absolute Gasteiger partial charge is 0.251 e. The summed E-state index contributed by atoms with van der Waals surface area (Å²) >= 11 is 0. The zero-order valence-corrected chi connectivity index (χ0v) is 18.9. The maximum absolute atomic E-state index is 12.6. The Balaban J connectivity index is 1.45. The van der Waals surface area contributed by atoms with Crippen molar-refractivity contribution in [3.63, 3.8) is 0 Å². The van der Waals surface area contributed by atoms with E-state index < -0.39 is 0 Å². The first-order chi connectivity index (χ1) is 14.3. The Morgan fingerprint density at radius 2 is 1.67 bits per heavy atom. The average Bonchev–Trinajstić information content (AvgIpc) is 2.67. The molecule has 3 rings (SSSR count). The second-order valence-electron chi connectivity index (χ2n) is 9.37. The first kappa shape index (κ1) is 22.8. The Bertz CT molecular complexity index is 701. The largest absolute Gasteiger partial charge is 0.373 e. The van der Waals surface area contributed by atoms with E-state index in [9.17, 15) is 9.59 Å². The molecule has 0 spiro atoms. The summed E-state index contributed by atoms with van der Waals surface area (Å²) < 4.78 is 5.80. The van der Waals surface area contributed by atoms with Crippen LogP contribution in [0.25, 0.3) is 0 Å². The van der Waals surface area contributed by atoms with Crippen molar-refractivity contribution < 1.29 is 14.3 Å². The highest BCUT2D eigenvalue weighted by molar-refractivity contribution is 5.94. The van der Waals surface area contributed by atoms with Crippen LogP contribution in [0.5, 0.6) is 0 Å². The van der Waals surface area contributed by atoms with Gasteiger partial charge in [-0.25, -0.2) is 0 Å². The molecule has 2 aliphatic rings. The van der Waals surface area contributed by atoms with E-state index in [-0.39, 0.29) is 30.1 Å². The summed E-state index contributed by atoms with van der Waals surface area (Å²) in [6.45, 7) is 12.6. The summed E-state index contributed by atoms with van der Waals surface area (Å²) in [5, 5.41) is 3.14. The third-order valence-electron chi connectivity index (χ3n) is 5.88. The molecule has 2 heterocycles. The van der Waals surface area contributed by atoms with Crippen LogP contribution in [0.4, 0.5) is 0 Å². The maximum Gasteiger partial charge on any atom is 0.251 e. The fourth-order valence-electron chi connectivity index (χ4n) is 4.45. The minimum atomic E-state index is -0.0258. The molecule has 2 amide bonds. The molecule has 0 saturated carbocycles. The van der Waals surface area contributed by atoms with Crippen molar-refractivity contribution in [3.8, 4) is 0 Å². The molecule has 2 aliphatic heterocycles. The first-order valence-electron chi connectivity index (χ1n) is 11.4. The zero-order chi connectivity index (χ0) is 21.7. The van der Waals surface area contributed by atoms with E-state index in [1.54, 1.807) is 0 Å². The van der Waals surface area contributed by atoms with Gasteiger partial charge in [-0.15, -0.1) is 0 Å². The topological polar surface area (TPSA) is 61.9 Å². The molecule has 0 aliphatic carbocycles. The lowest BCUT2D eigenvalue weighted by molar-refractivity contribution is -0.133. The van der Waals surface area contributed by atoms with E-state index in [0.717, 1.165) is 45.6 Å². The number of carbonyl (C=O) groups is 2. The minimum absolute atomic E-state index is 0.0258. The normalized spacial score (nSPS) is 23.6. The van der Waals surface area contributed by atoms with Crippen molar-refractivity contribution in [2.24, 2.45) is 5.92 Å². The molecule has 0 radical (unpaired) electrons. The van der Waals surface area contributed by atoms with Gasteiger partial charge < -0.3 is 15.0 Å². The number of amides is 2. The van der Waals surface area contributed by atoms with Gasteiger partial charge >= 0.3 is 0 Å². The van der Waals surface area contributed by atoms with Gasteiger partial charge in [-0.1, -0.05) is 26.0 Å². The lowest BCUT2D eigenvalue weighted by atomic mass is 10.0. The second-order valence-corrected chi connectivity index (χ2v) is 9.37. The van der Waals surface area contributed by atoms with Crippen LogP contribution in [-0.2, 0) is 16.1 Å². The fourth-order valence-corrected chi connectivity index (χ4v) is 4.45. The SMILES string of the molecule is CC(C)CC(=O)N1CCC(NC(=O)c2ccc(CN3CC(C)OC(C)C3)cc2)CC1. The molecule has 6 nitrogen and oxygen atoms in total. The molecule has 2 atom stereocenters. The number of likely N-dealkylation sites (tertiary alicyclic amines) is 1. The van der Waals surface area contributed by atoms with Gasteiger partial charge in [-0.05, 0) is 50.3 Å². The van der Waals surface area contributed by atoms with Crippen LogP contribution in [0.2, 0.25) is 0 Å². The third kappa shape index (κ3) is 6.54. The highest BCUT2D eigenvalue weighted by Gasteiger charge is 2.25. The Morgan fingerprint density at radius 3 is 2.23 bits per heavy atom.